The van der Waals surface area contributed by atoms with E-state index >= 15 is 0 Å². The zero-order chi connectivity index (χ0) is 13.7. The van der Waals surface area contributed by atoms with Gasteiger partial charge in [-0.3, -0.25) is 0 Å². The molecular weight excluding hydrogens is 283 g/mol. The maximum absolute atomic E-state index is 5.92. The molecule has 100 valence electrons. The minimum atomic E-state index is 0.369. The van der Waals surface area contributed by atoms with Gasteiger partial charge < -0.3 is 9.47 Å². The molecule has 19 heavy (non-hydrogen) atoms. The van der Waals surface area contributed by atoms with Crippen molar-refractivity contribution >= 4 is 23.2 Å². The molecule has 0 atom stereocenters. The Morgan fingerprint density at radius 2 is 1.95 bits per heavy atom. The molecule has 0 spiro atoms. The predicted octanol–water partition coefficient (Wildman–Crippen LogP) is 4.67. The van der Waals surface area contributed by atoms with Gasteiger partial charge in [0.2, 0.25) is 0 Å². The van der Waals surface area contributed by atoms with Crippen LogP contribution in [0.3, 0.4) is 0 Å². The number of ether oxygens (including phenoxy) is 2. The molecule has 0 fully saturated rings. The molecule has 0 saturated carbocycles. The zero-order valence-corrected chi connectivity index (χ0v) is 12.0. The van der Waals surface area contributed by atoms with Gasteiger partial charge in [0.25, 0.3) is 0 Å². The Morgan fingerprint density at radius 3 is 2.68 bits per heavy atom. The molecule has 0 aliphatic rings. The number of alkyl halides is 1. The van der Waals surface area contributed by atoms with Crippen molar-refractivity contribution in [3.05, 3.63) is 58.6 Å². The lowest BCUT2D eigenvalue weighted by Gasteiger charge is -2.11. The van der Waals surface area contributed by atoms with Crippen LogP contribution >= 0.6 is 23.2 Å². The number of benzene rings is 2. The summed E-state index contributed by atoms with van der Waals surface area (Å²) in [7, 11) is 1.64. The highest BCUT2D eigenvalue weighted by atomic mass is 35.5. The minimum Gasteiger partial charge on any atom is -0.497 e. The van der Waals surface area contributed by atoms with E-state index in [1.165, 1.54) is 0 Å². The van der Waals surface area contributed by atoms with Crippen molar-refractivity contribution in [3.63, 3.8) is 0 Å². The van der Waals surface area contributed by atoms with Crippen molar-refractivity contribution in [2.24, 2.45) is 0 Å². The van der Waals surface area contributed by atoms with E-state index in [4.69, 9.17) is 32.7 Å². The molecule has 0 unspecified atom stereocenters. The van der Waals surface area contributed by atoms with E-state index in [1.807, 2.05) is 36.4 Å². The fourth-order valence-electron chi connectivity index (χ4n) is 1.72. The average Bonchev–Trinajstić information content (AvgIpc) is 2.46. The quantitative estimate of drug-likeness (QED) is 0.747. The van der Waals surface area contributed by atoms with Gasteiger partial charge in [-0.2, -0.15) is 0 Å². The van der Waals surface area contributed by atoms with Crippen LogP contribution in [-0.2, 0) is 12.5 Å². The molecule has 0 aromatic heterocycles. The minimum absolute atomic E-state index is 0.369. The van der Waals surface area contributed by atoms with E-state index in [9.17, 15) is 0 Å². The van der Waals surface area contributed by atoms with Crippen LogP contribution < -0.4 is 9.47 Å². The second kappa shape index (κ2) is 6.69. The van der Waals surface area contributed by atoms with Crippen molar-refractivity contribution in [1.29, 1.82) is 0 Å². The lowest BCUT2D eigenvalue weighted by molar-refractivity contribution is 0.303. The fourth-order valence-corrected chi connectivity index (χ4v) is 2.12. The number of halogens is 2. The smallest absolute Gasteiger partial charge is 0.124 e. The van der Waals surface area contributed by atoms with Gasteiger partial charge in [0, 0.05) is 10.6 Å². The summed E-state index contributed by atoms with van der Waals surface area (Å²) in [6, 6.07) is 13.2. The summed E-state index contributed by atoms with van der Waals surface area (Å²) < 4.78 is 10.9. The highest BCUT2D eigenvalue weighted by Gasteiger charge is 2.04. The highest BCUT2D eigenvalue weighted by molar-refractivity contribution is 6.30. The molecule has 2 nitrogen and oxygen atoms in total. The summed E-state index contributed by atoms with van der Waals surface area (Å²) in [6.45, 7) is 0.461. The molecule has 2 rings (SSSR count). The largest absolute Gasteiger partial charge is 0.497 e. The molecule has 0 aliphatic carbocycles. The Labute approximate surface area is 122 Å². The van der Waals surface area contributed by atoms with Crippen LogP contribution in [0.5, 0.6) is 11.5 Å². The number of rotatable bonds is 5. The second-order valence-corrected chi connectivity index (χ2v) is 4.73. The Morgan fingerprint density at radius 1 is 1.11 bits per heavy atom. The summed E-state index contributed by atoms with van der Waals surface area (Å²) in [4.78, 5) is 0. The van der Waals surface area contributed by atoms with Gasteiger partial charge in [-0.25, -0.2) is 0 Å². The first-order valence-electron chi connectivity index (χ1n) is 5.83. The van der Waals surface area contributed by atoms with E-state index in [1.54, 1.807) is 13.2 Å². The zero-order valence-electron chi connectivity index (χ0n) is 10.5. The van der Waals surface area contributed by atoms with E-state index in [0.29, 0.717) is 17.5 Å². The van der Waals surface area contributed by atoms with E-state index < -0.39 is 0 Å². The van der Waals surface area contributed by atoms with Gasteiger partial charge in [-0.05, 0) is 35.9 Å². The molecule has 2 aromatic carbocycles. The standard InChI is InChI=1S/C15H14Cl2O2/c1-18-14-4-2-3-11(7-14)10-19-15-6-5-13(17)8-12(15)9-16/h2-8H,9-10H2,1H3. The van der Waals surface area contributed by atoms with Gasteiger partial charge in [-0.1, -0.05) is 23.7 Å². The lowest BCUT2D eigenvalue weighted by Crippen LogP contribution is -1.98. The lowest BCUT2D eigenvalue weighted by atomic mass is 10.2. The average molecular weight is 297 g/mol. The van der Waals surface area contributed by atoms with Gasteiger partial charge in [0.05, 0.1) is 13.0 Å². The predicted molar refractivity (Wildman–Crippen MR) is 78.3 cm³/mol. The highest BCUT2D eigenvalue weighted by Crippen LogP contribution is 2.25. The number of hydrogen-bond acceptors (Lipinski definition) is 2. The third-order valence-electron chi connectivity index (χ3n) is 2.69. The molecule has 0 radical (unpaired) electrons. The van der Waals surface area contributed by atoms with Crippen LogP contribution in [0.25, 0.3) is 0 Å². The fraction of sp³-hybridized carbons (Fsp3) is 0.200. The summed E-state index contributed by atoms with van der Waals surface area (Å²) >= 11 is 11.8. The van der Waals surface area contributed by atoms with E-state index in [0.717, 1.165) is 22.6 Å². The first-order valence-corrected chi connectivity index (χ1v) is 6.74. The van der Waals surface area contributed by atoms with Crippen molar-refractivity contribution in [2.45, 2.75) is 12.5 Å². The Balaban J connectivity index is 2.09. The van der Waals surface area contributed by atoms with Gasteiger partial charge >= 0.3 is 0 Å². The summed E-state index contributed by atoms with van der Waals surface area (Å²) in [5.74, 6) is 1.94. The van der Waals surface area contributed by atoms with Crippen LogP contribution in [0, 0.1) is 0 Å². The van der Waals surface area contributed by atoms with Crippen molar-refractivity contribution < 1.29 is 9.47 Å². The van der Waals surface area contributed by atoms with Crippen LogP contribution in [0.1, 0.15) is 11.1 Å². The second-order valence-electron chi connectivity index (χ2n) is 4.03. The summed E-state index contributed by atoms with van der Waals surface area (Å²) in [5, 5.41) is 0.657. The summed E-state index contributed by atoms with van der Waals surface area (Å²) in [6.07, 6.45) is 0. The number of methoxy groups -OCH3 is 1. The molecule has 0 aliphatic heterocycles. The molecule has 0 N–H and O–H groups in total. The van der Waals surface area contributed by atoms with Crippen LogP contribution in [0.2, 0.25) is 5.02 Å². The molecule has 0 heterocycles. The Kier molecular flexibility index (Phi) is 4.94. The number of hydrogen-bond donors (Lipinski definition) is 0. The third kappa shape index (κ3) is 3.79. The maximum atomic E-state index is 5.92. The molecular formula is C15H14Cl2O2. The van der Waals surface area contributed by atoms with Gasteiger partial charge in [-0.15, -0.1) is 11.6 Å². The van der Waals surface area contributed by atoms with Gasteiger partial charge in [0.15, 0.2) is 0 Å². The first kappa shape index (κ1) is 14.0. The van der Waals surface area contributed by atoms with Gasteiger partial charge in [0.1, 0.15) is 18.1 Å². The van der Waals surface area contributed by atoms with Crippen molar-refractivity contribution in [1.82, 2.24) is 0 Å². The topological polar surface area (TPSA) is 18.5 Å². The molecule has 0 saturated heterocycles. The third-order valence-corrected chi connectivity index (χ3v) is 3.22. The van der Waals surface area contributed by atoms with Crippen molar-refractivity contribution in [3.8, 4) is 11.5 Å². The Bertz CT molecular complexity index is 556. The maximum Gasteiger partial charge on any atom is 0.124 e. The normalized spacial score (nSPS) is 10.3. The van der Waals surface area contributed by atoms with Crippen LogP contribution in [0.4, 0.5) is 0 Å². The van der Waals surface area contributed by atoms with Crippen molar-refractivity contribution in [2.75, 3.05) is 7.11 Å². The molecule has 2 aromatic rings. The monoisotopic (exact) mass is 296 g/mol. The molecule has 0 amide bonds. The SMILES string of the molecule is COc1cccc(COc2ccc(Cl)cc2CCl)c1. The van der Waals surface area contributed by atoms with Crippen LogP contribution in [-0.4, -0.2) is 7.11 Å². The first-order chi connectivity index (χ1) is 9.22. The van der Waals surface area contributed by atoms with E-state index in [-0.39, 0.29) is 0 Å². The molecule has 0 bridgehead atoms. The van der Waals surface area contributed by atoms with E-state index in [2.05, 4.69) is 0 Å². The Hall–Kier alpha value is -1.38. The molecule has 4 heteroatoms. The van der Waals surface area contributed by atoms with Crippen LogP contribution in [0.15, 0.2) is 42.5 Å². The summed E-state index contributed by atoms with van der Waals surface area (Å²) in [5.41, 5.74) is 1.92.